The molecule has 0 aliphatic rings. The van der Waals surface area contributed by atoms with E-state index in [4.69, 9.17) is 11.6 Å². The number of hydrogen-bond donors (Lipinski definition) is 2. The van der Waals surface area contributed by atoms with Crippen LogP contribution in [0.3, 0.4) is 0 Å². The van der Waals surface area contributed by atoms with Gasteiger partial charge < -0.3 is 5.11 Å². The van der Waals surface area contributed by atoms with Crippen LogP contribution in [-0.4, -0.2) is 22.2 Å². The van der Waals surface area contributed by atoms with E-state index >= 15 is 0 Å². The number of carbonyl (C=O) groups is 1. The Bertz CT molecular complexity index is 676. The van der Waals surface area contributed by atoms with E-state index in [1.165, 1.54) is 24.5 Å². The zero-order valence-electron chi connectivity index (χ0n) is 10.0. The van der Waals surface area contributed by atoms with Crippen LogP contribution in [0.2, 0.25) is 5.15 Å². The highest BCUT2D eigenvalue weighted by molar-refractivity contribution is 9.10. The van der Waals surface area contributed by atoms with Gasteiger partial charge in [-0.25, -0.2) is 10.4 Å². The third kappa shape index (κ3) is 3.55. The van der Waals surface area contributed by atoms with Gasteiger partial charge in [-0.3, -0.25) is 4.79 Å². The highest BCUT2D eigenvalue weighted by Crippen LogP contribution is 2.20. The summed E-state index contributed by atoms with van der Waals surface area (Å²) >= 11 is 9.07. The molecule has 0 spiro atoms. The molecule has 0 saturated heterocycles. The molecule has 1 heterocycles. The summed E-state index contributed by atoms with van der Waals surface area (Å²) in [5.74, 6) is -0.417. The number of aromatic nitrogens is 1. The summed E-state index contributed by atoms with van der Waals surface area (Å²) in [6.07, 6.45) is 2.82. The summed E-state index contributed by atoms with van der Waals surface area (Å²) in [7, 11) is 0. The van der Waals surface area contributed by atoms with Crippen molar-refractivity contribution < 1.29 is 9.90 Å². The Hall–Kier alpha value is -1.92. The molecule has 0 radical (unpaired) electrons. The molecule has 5 nitrogen and oxygen atoms in total. The topological polar surface area (TPSA) is 74.6 Å². The van der Waals surface area contributed by atoms with Crippen LogP contribution in [0, 0.1) is 0 Å². The quantitative estimate of drug-likeness (QED) is 0.505. The molecule has 7 heteroatoms. The van der Waals surface area contributed by atoms with Crippen LogP contribution in [0.1, 0.15) is 15.9 Å². The maximum atomic E-state index is 11.8. The fourth-order valence-corrected chi connectivity index (χ4v) is 1.99. The first-order valence-electron chi connectivity index (χ1n) is 5.50. The second kappa shape index (κ2) is 6.49. The van der Waals surface area contributed by atoms with E-state index in [1.807, 2.05) is 0 Å². The molecule has 20 heavy (non-hydrogen) atoms. The lowest BCUT2D eigenvalue weighted by molar-refractivity contribution is 0.0955. The number of pyridine rings is 1. The first kappa shape index (κ1) is 14.5. The third-order valence-electron chi connectivity index (χ3n) is 2.36. The zero-order valence-corrected chi connectivity index (χ0v) is 12.4. The number of nitrogens with zero attached hydrogens (tertiary/aromatic N) is 2. The van der Waals surface area contributed by atoms with Crippen molar-refractivity contribution in [3.8, 4) is 5.75 Å². The molecule has 0 aliphatic carbocycles. The predicted molar refractivity (Wildman–Crippen MR) is 80.1 cm³/mol. The second-order valence-electron chi connectivity index (χ2n) is 3.74. The van der Waals surface area contributed by atoms with Gasteiger partial charge in [0.2, 0.25) is 0 Å². The molecule has 102 valence electrons. The van der Waals surface area contributed by atoms with Crippen molar-refractivity contribution in [2.75, 3.05) is 0 Å². The smallest absolute Gasteiger partial charge is 0.274 e. The number of rotatable bonds is 3. The van der Waals surface area contributed by atoms with E-state index in [0.717, 1.165) is 4.47 Å². The van der Waals surface area contributed by atoms with Gasteiger partial charge >= 0.3 is 0 Å². The molecule has 0 unspecified atom stereocenters. The summed E-state index contributed by atoms with van der Waals surface area (Å²) in [5, 5.41) is 13.5. The largest absolute Gasteiger partial charge is 0.507 e. The average molecular weight is 355 g/mol. The van der Waals surface area contributed by atoms with E-state index in [0.29, 0.717) is 5.56 Å². The van der Waals surface area contributed by atoms with Gasteiger partial charge in [0.15, 0.2) is 0 Å². The second-order valence-corrected chi connectivity index (χ2v) is 5.02. The van der Waals surface area contributed by atoms with Crippen LogP contribution < -0.4 is 5.43 Å². The van der Waals surface area contributed by atoms with Crippen LogP contribution in [0.4, 0.5) is 0 Å². The number of benzene rings is 1. The molecule has 1 amide bonds. The number of phenolic OH excluding ortho intramolecular Hbond substituents is 1. The van der Waals surface area contributed by atoms with Gasteiger partial charge in [0.05, 0.1) is 11.8 Å². The molecule has 2 aromatic rings. The summed E-state index contributed by atoms with van der Waals surface area (Å²) in [4.78, 5) is 15.6. The lowest BCUT2D eigenvalue weighted by atomic mass is 10.2. The van der Waals surface area contributed by atoms with Gasteiger partial charge in [-0.2, -0.15) is 5.10 Å². The Balaban J connectivity index is 2.09. The van der Waals surface area contributed by atoms with E-state index in [9.17, 15) is 9.90 Å². The van der Waals surface area contributed by atoms with Gasteiger partial charge in [-0.05, 0) is 30.3 Å². The van der Waals surface area contributed by atoms with Crippen molar-refractivity contribution >= 4 is 39.7 Å². The summed E-state index contributed by atoms with van der Waals surface area (Å²) in [5.41, 5.74) is 3.01. The Morgan fingerprint density at radius 3 is 3.00 bits per heavy atom. The lowest BCUT2D eigenvalue weighted by Gasteiger charge is -2.02. The minimum atomic E-state index is -0.478. The lowest BCUT2D eigenvalue weighted by Crippen LogP contribution is -2.18. The molecule has 0 bridgehead atoms. The summed E-state index contributed by atoms with van der Waals surface area (Å²) in [6, 6.07) is 8.02. The fraction of sp³-hybridized carbons (Fsp3) is 0. The Morgan fingerprint density at radius 1 is 1.45 bits per heavy atom. The van der Waals surface area contributed by atoms with Crippen LogP contribution in [0.25, 0.3) is 0 Å². The number of aromatic hydroxyl groups is 1. The molecule has 0 atom stereocenters. The average Bonchev–Trinajstić information content (AvgIpc) is 2.43. The Kier molecular flexibility index (Phi) is 4.70. The third-order valence-corrected chi connectivity index (χ3v) is 3.16. The fourth-order valence-electron chi connectivity index (χ4n) is 1.40. The molecule has 1 aromatic carbocycles. The van der Waals surface area contributed by atoms with Gasteiger partial charge in [0, 0.05) is 16.2 Å². The van der Waals surface area contributed by atoms with Crippen molar-refractivity contribution in [1.82, 2.24) is 10.4 Å². The molecule has 2 N–H and O–H groups in total. The van der Waals surface area contributed by atoms with E-state index in [1.54, 1.807) is 18.2 Å². The number of carbonyl (C=O) groups excluding carboxylic acids is 1. The highest BCUT2D eigenvalue weighted by Gasteiger charge is 2.09. The molecular weight excluding hydrogens is 346 g/mol. The number of halogens is 2. The normalized spacial score (nSPS) is 10.7. The number of nitrogens with one attached hydrogen (secondary N) is 1. The number of amides is 1. The van der Waals surface area contributed by atoms with Gasteiger partial charge in [-0.1, -0.05) is 27.5 Å². The number of phenols is 1. The van der Waals surface area contributed by atoms with Crippen LogP contribution in [-0.2, 0) is 0 Å². The monoisotopic (exact) mass is 353 g/mol. The first-order chi connectivity index (χ1) is 9.58. The maximum absolute atomic E-state index is 11.8. The molecule has 2 rings (SSSR count). The minimum absolute atomic E-state index is 0.0607. The summed E-state index contributed by atoms with van der Waals surface area (Å²) in [6.45, 7) is 0. The standard InChI is InChI=1S/C13H9BrClN3O2/c14-9-3-4-11(19)8(6-9)7-17-18-13(20)10-2-1-5-16-12(10)15/h1-7,19H,(H,18,20). The van der Waals surface area contributed by atoms with Gasteiger partial charge in [-0.15, -0.1) is 0 Å². The molecule has 0 fully saturated rings. The van der Waals surface area contributed by atoms with E-state index in [2.05, 4.69) is 31.4 Å². The van der Waals surface area contributed by atoms with Crippen LogP contribution in [0.5, 0.6) is 5.75 Å². The van der Waals surface area contributed by atoms with Gasteiger partial charge in [0.1, 0.15) is 10.9 Å². The van der Waals surface area contributed by atoms with Crippen LogP contribution in [0.15, 0.2) is 46.1 Å². The highest BCUT2D eigenvalue weighted by atomic mass is 79.9. The molecule has 0 aliphatic heterocycles. The SMILES string of the molecule is O=C(NN=Cc1cc(Br)ccc1O)c1cccnc1Cl. The van der Waals surface area contributed by atoms with E-state index < -0.39 is 5.91 Å². The van der Waals surface area contributed by atoms with Crippen molar-refractivity contribution in [3.63, 3.8) is 0 Å². The summed E-state index contributed by atoms with van der Waals surface area (Å²) < 4.78 is 0.790. The molecule has 1 aromatic heterocycles. The minimum Gasteiger partial charge on any atom is -0.507 e. The van der Waals surface area contributed by atoms with Gasteiger partial charge in [0.25, 0.3) is 5.91 Å². The van der Waals surface area contributed by atoms with Crippen molar-refractivity contribution in [2.24, 2.45) is 5.10 Å². The number of hydrazone groups is 1. The predicted octanol–water partition coefficient (Wildman–Crippen LogP) is 2.97. The number of hydrogen-bond acceptors (Lipinski definition) is 4. The van der Waals surface area contributed by atoms with E-state index in [-0.39, 0.29) is 16.5 Å². The zero-order chi connectivity index (χ0) is 14.5. The first-order valence-corrected chi connectivity index (χ1v) is 6.67. The van der Waals surface area contributed by atoms with Crippen molar-refractivity contribution in [2.45, 2.75) is 0 Å². The maximum Gasteiger partial charge on any atom is 0.274 e. The molecular formula is C13H9BrClN3O2. The Labute approximate surface area is 128 Å². The van der Waals surface area contributed by atoms with Crippen molar-refractivity contribution in [3.05, 3.63) is 57.3 Å². The Morgan fingerprint density at radius 2 is 2.25 bits per heavy atom. The molecule has 0 saturated carbocycles. The van der Waals surface area contributed by atoms with Crippen LogP contribution >= 0.6 is 27.5 Å². The van der Waals surface area contributed by atoms with Crippen molar-refractivity contribution in [1.29, 1.82) is 0 Å².